The largest absolute Gasteiger partial charge is 0.493 e. The van der Waals surface area contributed by atoms with Gasteiger partial charge >= 0.3 is 0 Å². The Labute approximate surface area is 227 Å². The zero-order chi connectivity index (χ0) is 26.4. The van der Waals surface area contributed by atoms with E-state index < -0.39 is 0 Å². The molecule has 0 spiro atoms. The van der Waals surface area contributed by atoms with E-state index in [1.54, 1.807) is 37.2 Å². The van der Waals surface area contributed by atoms with Gasteiger partial charge in [-0.25, -0.2) is 0 Å². The number of nitrogens with one attached hydrogen (secondary N) is 2. The Morgan fingerprint density at radius 2 is 1.89 bits per heavy atom. The lowest BCUT2D eigenvalue weighted by Gasteiger charge is -2.32. The van der Waals surface area contributed by atoms with E-state index in [4.69, 9.17) is 14.9 Å². The van der Waals surface area contributed by atoms with Crippen LogP contribution < -0.4 is 19.7 Å². The fourth-order valence-electron chi connectivity index (χ4n) is 4.51. The minimum Gasteiger partial charge on any atom is -0.493 e. The molecule has 198 valence electrons. The highest BCUT2D eigenvalue weighted by molar-refractivity contribution is 8.93. The average molecular weight is 573 g/mol. The third-order valence-electron chi connectivity index (χ3n) is 6.52. The number of hydrogen-bond acceptors (Lipinski definition) is 6. The van der Waals surface area contributed by atoms with E-state index in [1.165, 1.54) is 4.90 Å². The summed E-state index contributed by atoms with van der Waals surface area (Å²) < 4.78 is 11.4. The highest BCUT2D eigenvalue weighted by Crippen LogP contribution is 2.42. The summed E-state index contributed by atoms with van der Waals surface area (Å²) in [5, 5.41) is 11.3. The number of carbonyl (C=O) groups excluding carboxylic acids is 3. The molecule has 0 bridgehead atoms. The zero-order valence-corrected chi connectivity index (χ0v) is 23.7. The van der Waals surface area contributed by atoms with Crippen molar-refractivity contribution in [3.63, 3.8) is 0 Å². The summed E-state index contributed by atoms with van der Waals surface area (Å²) >= 11 is 0. The predicted molar refractivity (Wildman–Crippen MR) is 147 cm³/mol. The van der Waals surface area contributed by atoms with Crippen LogP contribution in [-0.4, -0.2) is 62.2 Å². The van der Waals surface area contributed by atoms with E-state index in [-0.39, 0.29) is 59.0 Å². The van der Waals surface area contributed by atoms with E-state index in [0.717, 1.165) is 11.1 Å². The fraction of sp³-hybridized carbons (Fsp3) is 0.407. The highest BCUT2D eigenvalue weighted by Gasteiger charge is 2.33. The topological polar surface area (TPSA) is 112 Å². The van der Waals surface area contributed by atoms with Crippen LogP contribution in [0.15, 0.2) is 24.3 Å². The minimum absolute atomic E-state index is 0. The van der Waals surface area contributed by atoms with Crippen molar-refractivity contribution < 1.29 is 23.9 Å². The lowest BCUT2D eigenvalue weighted by Crippen LogP contribution is -2.37. The molecular weight excluding hydrogens is 540 g/mol. The van der Waals surface area contributed by atoms with E-state index in [2.05, 4.69) is 5.32 Å². The number of benzene rings is 2. The number of anilines is 1. The molecule has 0 saturated carbocycles. The van der Waals surface area contributed by atoms with Gasteiger partial charge in [0.1, 0.15) is 17.3 Å². The van der Waals surface area contributed by atoms with Gasteiger partial charge in [0.25, 0.3) is 11.8 Å². The molecule has 0 fully saturated rings. The maximum Gasteiger partial charge on any atom is 0.264 e. The number of Topliss-reactive ketones (excluding diaryl/α,β-unsaturated/α-hetero) is 1. The molecule has 2 aliphatic heterocycles. The molecule has 0 unspecified atom stereocenters. The number of ether oxygens (including phenoxy) is 2. The smallest absolute Gasteiger partial charge is 0.264 e. The molecule has 37 heavy (non-hydrogen) atoms. The second-order valence-corrected chi connectivity index (χ2v) is 10.0. The van der Waals surface area contributed by atoms with Gasteiger partial charge in [-0.2, -0.15) is 0 Å². The Balaban J connectivity index is 0.00000380. The molecule has 2 amide bonds. The van der Waals surface area contributed by atoms with E-state index in [1.807, 2.05) is 33.8 Å². The Morgan fingerprint density at radius 1 is 1.19 bits per heavy atom. The predicted octanol–water partition coefficient (Wildman–Crippen LogP) is 3.70. The fourth-order valence-corrected chi connectivity index (χ4v) is 4.51. The number of nitrogens with zero attached hydrogens (tertiary/aromatic N) is 2. The number of amidine groups is 1. The Hall–Kier alpha value is -3.40. The van der Waals surface area contributed by atoms with Gasteiger partial charge in [0.05, 0.1) is 24.4 Å². The van der Waals surface area contributed by atoms with Gasteiger partial charge in [0.2, 0.25) is 0 Å². The molecule has 2 heterocycles. The third kappa shape index (κ3) is 5.20. The van der Waals surface area contributed by atoms with Crippen LogP contribution in [0.5, 0.6) is 11.5 Å². The van der Waals surface area contributed by atoms with Gasteiger partial charge in [-0.15, -0.1) is 17.0 Å². The molecule has 0 radical (unpaired) electrons. The summed E-state index contributed by atoms with van der Waals surface area (Å²) in [7, 11) is 3.22. The van der Waals surface area contributed by atoms with Gasteiger partial charge < -0.3 is 24.6 Å². The third-order valence-corrected chi connectivity index (χ3v) is 6.52. The van der Waals surface area contributed by atoms with Gasteiger partial charge in [-0.3, -0.25) is 19.8 Å². The van der Waals surface area contributed by atoms with Gasteiger partial charge in [0, 0.05) is 37.3 Å². The normalized spacial score (nSPS) is 14.4. The second-order valence-electron chi connectivity index (χ2n) is 10.0. The summed E-state index contributed by atoms with van der Waals surface area (Å²) in [6.45, 7) is 8.63. The molecule has 0 aliphatic carbocycles. The number of rotatable bonds is 6. The first-order chi connectivity index (χ1) is 17.0. The molecule has 2 aromatic carbocycles. The first-order valence-corrected chi connectivity index (χ1v) is 11.9. The number of amides is 2. The molecule has 2 aromatic rings. The van der Waals surface area contributed by atoms with E-state index in [9.17, 15) is 14.4 Å². The summed E-state index contributed by atoms with van der Waals surface area (Å²) in [4.78, 5) is 41.3. The molecule has 2 aliphatic rings. The monoisotopic (exact) mass is 572 g/mol. The van der Waals surface area contributed by atoms with Crippen molar-refractivity contribution in [2.45, 2.75) is 39.7 Å². The number of hydrogen-bond donors (Lipinski definition) is 2. The van der Waals surface area contributed by atoms with Crippen LogP contribution in [0.4, 0.5) is 5.69 Å². The standard InChI is InChI=1S/C27H32N4O5.BrH/c1-7-35-22-10-16-12-31(25(28)17(16)11-18(22)26(34)29-5)13-21(32)15-8-19(27(2,3)4)24-20(9-15)30(6)23(33)14-36-24;/h8-11,28H,7,12-14H2,1-6H3,(H,29,34);1H. The molecule has 10 heteroatoms. The van der Waals surface area contributed by atoms with Crippen LogP contribution in [0, 0.1) is 5.41 Å². The van der Waals surface area contributed by atoms with Crippen LogP contribution in [0.25, 0.3) is 0 Å². The SMILES string of the molecule is Br.CCOc1cc2c(cc1C(=O)NC)C(=N)N(CC(=O)c1cc3c(c(C(C)(C)C)c1)OCC(=O)N3C)C2. The lowest BCUT2D eigenvalue weighted by molar-refractivity contribution is -0.121. The van der Waals surface area contributed by atoms with Crippen molar-refractivity contribution in [1.82, 2.24) is 10.2 Å². The molecular formula is C27H33BrN4O5. The number of likely N-dealkylation sites (N-methyl/N-ethyl adjacent to an activating group) is 1. The Morgan fingerprint density at radius 3 is 2.51 bits per heavy atom. The van der Waals surface area contributed by atoms with Crippen LogP contribution in [0.1, 0.15) is 65.1 Å². The summed E-state index contributed by atoms with van der Waals surface area (Å²) in [5.74, 6) is 0.593. The van der Waals surface area contributed by atoms with E-state index in [0.29, 0.717) is 47.0 Å². The maximum atomic E-state index is 13.5. The number of ketones is 1. The number of halogens is 1. The molecule has 2 N–H and O–H groups in total. The molecule has 0 atom stereocenters. The zero-order valence-electron chi connectivity index (χ0n) is 22.0. The second kappa shape index (κ2) is 10.5. The van der Waals surface area contributed by atoms with Gasteiger partial charge in [0.15, 0.2) is 12.4 Å². The summed E-state index contributed by atoms with van der Waals surface area (Å²) in [6.07, 6.45) is 0. The van der Waals surface area contributed by atoms with Crippen LogP contribution >= 0.6 is 17.0 Å². The highest BCUT2D eigenvalue weighted by atomic mass is 79.9. The lowest BCUT2D eigenvalue weighted by atomic mass is 9.84. The van der Waals surface area contributed by atoms with Crippen LogP contribution in [0.3, 0.4) is 0 Å². The molecule has 0 saturated heterocycles. The molecule has 9 nitrogen and oxygen atoms in total. The molecule has 0 aromatic heterocycles. The summed E-state index contributed by atoms with van der Waals surface area (Å²) in [6, 6.07) is 6.94. The van der Waals surface area contributed by atoms with Crippen LogP contribution in [0.2, 0.25) is 0 Å². The molecule has 4 rings (SSSR count). The van der Waals surface area contributed by atoms with Crippen molar-refractivity contribution in [3.8, 4) is 11.5 Å². The Kier molecular flexibility index (Phi) is 8.02. The van der Waals surface area contributed by atoms with Crippen molar-refractivity contribution in [1.29, 1.82) is 5.41 Å². The first kappa shape index (κ1) is 28.2. The minimum atomic E-state index is -0.315. The van der Waals surface area contributed by atoms with Crippen molar-refractivity contribution in [2.75, 3.05) is 38.8 Å². The van der Waals surface area contributed by atoms with Gasteiger partial charge in [-0.1, -0.05) is 20.8 Å². The first-order valence-electron chi connectivity index (χ1n) is 11.9. The number of fused-ring (bicyclic) bond motifs is 2. The average Bonchev–Trinajstić information content (AvgIpc) is 3.13. The van der Waals surface area contributed by atoms with Crippen molar-refractivity contribution in [2.24, 2.45) is 0 Å². The van der Waals surface area contributed by atoms with Gasteiger partial charge in [-0.05, 0) is 42.2 Å². The van der Waals surface area contributed by atoms with E-state index >= 15 is 0 Å². The quantitative estimate of drug-likeness (QED) is 0.510. The van der Waals surface area contributed by atoms with Crippen molar-refractivity contribution >= 4 is 46.1 Å². The Bertz CT molecular complexity index is 1280. The maximum absolute atomic E-state index is 13.5. The summed E-state index contributed by atoms with van der Waals surface area (Å²) in [5.41, 5.74) is 3.33. The van der Waals surface area contributed by atoms with Crippen molar-refractivity contribution in [3.05, 3.63) is 52.1 Å². The van der Waals surface area contributed by atoms with Crippen LogP contribution in [-0.2, 0) is 16.8 Å². The number of carbonyl (C=O) groups is 3.